The lowest BCUT2D eigenvalue weighted by Crippen LogP contribution is -2.31. The molecule has 0 aromatic carbocycles. The molecular weight excluding hydrogens is 240 g/mol. The summed E-state index contributed by atoms with van der Waals surface area (Å²) in [6.07, 6.45) is 4.54. The topological polar surface area (TPSA) is 38.9 Å². The van der Waals surface area contributed by atoms with Gasteiger partial charge < -0.3 is 5.73 Å². The Balaban J connectivity index is 2.25. The summed E-state index contributed by atoms with van der Waals surface area (Å²) in [7, 11) is 0. The zero-order valence-electron chi connectivity index (χ0n) is 12.3. The highest BCUT2D eigenvalue weighted by atomic mass is 32.1. The fraction of sp³-hybridized carbons (Fsp3) is 0.800. The molecule has 2 rings (SSSR count). The van der Waals surface area contributed by atoms with Crippen LogP contribution in [0, 0.1) is 11.3 Å². The molecule has 1 heterocycles. The van der Waals surface area contributed by atoms with Crippen molar-refractivity contribution in [3.8, 4) is 0 Å². The van der Waals surface area contributed by atoms with Gasteiger partial charge >= 0.3 is 0 Å². The predicted octanol–water partition coefficient (Wildman–Crippen LogP) is 3.88. The Morgan fingerprint density at radius 3 is 2.56 bits per heavy atom. The molecule has 1 aromatic rings. The normalized spacial score (nSPS) is 23.6. The molecule has 0 saturated carbocycles. The molecule has 0 amide bonds. The van der Waals surface area contributed by atoms with Crippen LogP contribution in [0.1, 0.15) is 63.0 Å². The maximum absolute atomic E-state index is 6.32. The second-order valence-electron chi connectivity index (χ2n) is 6.97. The van der Waals surface area contributed by atoms with Gasteiger partial charge in [-0.1, -0.05) is 27.7 Å². The molecule has 0 bridgehead atoms. The van der Waals surface area contributed by atoms with Crippen LogP contribution in [-0.2, 0) is 18.4 Å². The van der Waals surface area contributed by atoms with Crippen LogP contribution in [0.4, 0.5) is 0 Å². The molecule has 2 N–H and O–H groups in total. The van der Waals surface area contributed by atoms with Crippen LogP contribution in [0.15, 0.2) is 0 Å². The lowest BCUT2D eigenvalue weighted by Gasteiger charge is -2.33. The van der Waals surface area contributed by atoms with Gasteiger partial charge in [0, 0.05) is 4.88 Å². The molecule has 1 aliphatic carbocycles. The highest BCUT2D eigenvalue weighted by Crippen LogP contribution is 2.40. The summed E-state index contributed by atoms with van der Waals surface area (Å²) in [4.78, 5) is 6.29. The minimum absolute atomic E-state index is 0.251. The van der Waals surface area contributed by atoms with Crippen LogP contribution >= 0.6 is 11.3 Å². The fourth-order valence-electron chi connectivity index (χ4n) is 2.51. The molecule has 0 saturated heterocycles. The summed E-state index contributed by atoms with van der Waals surface area (Å²) >= 11 is 1.85. The number of nitrogens with zero attached hydrogens (tertiary/aromatic N) is 1. The second kappa shape index (κ2) is 4.61. The van der Waals surface area contributed by atoms with Gasteiger partial charge in [0.15, 0.2) is 0 Å². The van der Waals surface area contributed by atoms with E-state index in [0.717, 1.165) is 23.8 Å². The average Bonchev–Trinajstić information content (AvgIpc) is 2.71. The van der Waals surface area contributed by atoms with E-state index in [0.29, 0.717) is 5.41 Å². The minimum atomic E-state index is -0.251. The van der Waals surface area contributed by atoms with E-state index in [1.165, 1.54) is 23.4 Å². The molecule has 102 valence electrons. The predicted molar refractivity (Wildman–Crippen MR) is 78.9 cm³/mol. The quantitative estimate of drug-likeness (QED) is 0.882. The van der Waals surface area contributed by atoms with Crippen LogP contribution in [0.5, 0.6) is 0 Å². The Bertz CT molecular complexity index is 426. The van der Waals surface area contributed by atoms with Gasteiger partial charge in [-0.3, -0.25) is 0 Å². The third kappa shape index (κ3) is 2.62. The molecule has 1 aliphatic rings. The zero-order valence-corrected chi connectivity index (χ0v) is 13.2. The summed E-state index contributed by atoms with van der Waals surface area (Å²) in [5.74, 6) is 0.781. The molecule has 2 unspecified atom stereocenters. The van der Waals surface area contributed by atoms with Crippen LogP contribution in [0.2, 0.25) is 0 Å². The number of rotatable bonds is 2. The number of fused-ring (bicyclic) bond motifs is 1. The second-order valence-corrected chi connectivity index (χ2v) is 8.05. The molecule has 2 nitrogen and oxygen atoms in total. The van der Waals surface area contributed by atoms with Crippen molar-refractivity contribution < 1.29 is 0 Å². The summed E-state index contributed by atoms with van der Waals surface area (Å²) in [6, 6.07) is 0. The van der Waals surface area contributed by atoms with Crippen molar-refractivity contribution in [2.45, 2.75) is 65.8 Å². The van der Waals surface area contributed by atoms with Crippen LogP contribution < -0.4 is 5.73 Å². The average molecular weight is 266 g/mol. The Morgan fingerprint density at radius 2 is 2.00 bits per heavy atom. The Labute approximate surface area is 115 Å². The van der Waals surface area contributed by atoms with Gasteiger partial charge in [-0.15, -0.1) is 11.3 Å². The largest absolute Gasteiger partial charge is 0.320 e. The maximum atomic E-state index is 6.32. The Morgan fingerprint density at radius 1 is 1.33 bits per heavy atom. The van der Waals surface area contributed by atoms with Crippen molar-refractivity contribution in [1.82, 2.24) is 4.98 Å². The number of aromatic nitrogens is 1. The fourth-order valence-corrected chi connectivity index (χ4v) is 3.83. The molecule has 1 aromatic heterocycles. The van der Waals surface area contributed by atoms with E-state index >= 15 is 0 Å². The summed E-state index contributed by atoms with van der Waals surface area (Å²) in [5.41, 5.74) is 7.79. The van der Waals surface area contributed by atoms with Crippen molar-refractivity contribution >= 4 is 11.3 Å². The van der Waals surface area contributed by atoms with E-state index in [9.17, 15) is 0 Å². The van der Waals surface area contributed by atoms with Crippen molar-refractivity contribution in [3.05, 3.63) is 15.6 Å². The highest BCUT2D eigenvalue weighted by molar-refractivity contribution is 7.11. The molecule has 2 atom stereocenters. The van der Waals surface area contributed by atoms with Crippen molar-refractivity contribution in [3.63, 3.8) is 0 Å². The summed E-state index contributed by atoms with van der Waals surface area (Å²) in [6.45, 7) is 11.3. The molecule has 0 spiro atoms. The summed E-state index contributed by atoms with van der Waals surface area (Å²) < 4.78 is 0. The van der Waals surface area contributed by atoms with Gasteiger partial charge in [0.1, 0.15) is 5.01 Å². The zero-order chi connectivity index (χ0) is 13.6. The molecule has 0 aliphatic heterocycles. The SMILES string of the molecule is CCC(C)(N)c1nc2c(s1)CC(C(C)(C)C)CC2. The smallest absolute Gasteiger partial charge is 0.113 e. The Hall–Kier alpha value is -0.410. The number of hydrogen-bond acceptors (Lipinski definition) is 3. The molecule has 0 fully saturated rings. The van der Waals surface area contributed by atoms with Gasteiger partial charge in [0.2, 0.25) is 0 Å². The maximum Gasteiger partial charge on any atom is 0.113 e. The van der Waals surface area contributed by atoms with Crippen LogP contribution in [-0.4, -0.2) is 4.98 Å². The van der Waals surface area contributed by atoms with E-state index in [1.54, 1.807) is 0 Å². The molecule has 0 radical (unpaired) electrons. The third-order valence-corrected chi connectivity index (χ3v) is 5.79. The number of aryl methyl sites for hydroxylation is 1. The first kappa shape index (κ1) is 14.0. The van der Waals surface area contributed by atoms with Gasteiger partial charge in [-0.25, -0.2) is 4.98 Å². The van der Waals surface area contributed by atoms with Crippen LogP contribution in [0.3, 0.4) is 0 Å². The van der Waals surface area contributed by atoms with Gasteiger partial charge in [0.05, 0.1) is 11.2 Å². The first-order valence-electron chi connectivity index (χ1n) is 7.02. The Kier molecular flexibility index (Phi) is 3.58. The van der Waals surface area contributed by atoms with Crippen molar-refractivity contribution in [2.75, 3.05) is 0 Å². The number of hydrogen-bond donors (Lipinski definition) is 1. The minimum Gasteiger partial charge on any atom is -0.320 e. The lowest BCUT2D eigenvalue weighted by atomic mass is 9.73. The van der Waals surface area contributed by atoms with Gasteiger partial charge in [0.25, 0.3) is 0 Å². The third-order valence-electron chi connectivity index (χ3n) is 4.39. The van der Waals surface area contributed by atoms with E-state index < -0.39 is 0 Å². The van der Waals surface area contributed by atoms with Gasteiger partial charge in [-0.2, -0.15) is 0 Å². The standard InChI is InChI=1S/C15H26N2S/c1-6-15(5,16)13-17-11-8-7-10(14(2,3)4)9-12(11)18-13/h10H,6-9,16H2,1-5H3. The first-order valence-corrected chi connectivity index (χ1v) is 7.83. The molecular formula is C15H26N2S. The lowest BCUT2D eigenvalue weighted by molar-refractivity contribution is 0.217. The van der Waals surface area contributed by atoms with Crippen molar-refractivity contribution in [1.29, 1.82) is 0 Å². The molecule has 18 heavy (non-hydrogen) atoms. The first-order chi connectivity index (χ1) is 8.24. The van der Waals surface area contributed by atoms with E-state index in [4.69, 9.17) is 10.7 Å². The van der Waals surface area contributed by atoms with E-state index in [2.05, 4.69) is 34.6 Å². The van der Waals surface area contributed by atoms with Crippen molar-refractivity contribution in [2.24, 2.45) is 17.1 Å². The number of thiazole rings is 1. The molecule has 3 heteroatoms. The van der Waals surface area contributed by atoms with Crippen LogP contribution in [0.25, 0.3) is 0 Å². The summed E-state index contributed by atoms with van der Waals surface area (Å²) in [5, 5.41) is 1.13. The van der Waals surface area contributed by atoms with E-state index in [1.807, 2.05) is 11.3 Å². The van der Waals surface area contributed by atoms with Gasteiger partial charge in [-0.05, 0) is 43.9 Å². The monoisotopic (exact) mass is 266 g/mol. The highest BCUT2D eigenvalue weighted by Gasteiger charge is 2.32. The number of nitrogens with two attached hydrogens (primary N) is 1. The van der Waals surface area contributed by atoms with E-state index in [-0.39, 0.29) is 5.54 Å².